The first kappa shape index (κ1) is 15.8. The summed E-state index contributed by atoms with van der Waals surface area (Å²) in [6.07, 6.45) is 0.214. The number of hydrogen-bond acceptors (Lipinski definition) is 2. The van der Waals surface area contributed by atoms with E-state index in [2.05, 4.69) is 10.6 Å². The average molecular weight is 296 g/mol. The summed E-state index contributed by atoms with van der Waals surface area (Å²) in [6.45, 7) is 5.39. The van der Waals surface area contributed by atoms with Crippen LogP contribution < -0.4 is 10.6 Å². The number of carbonyl (C=O) groups excluding carboxylic acids is 2. The second-order valence-corrected chi connectivity index (χ2v) is 5.44. The average Bonchev–Trinajstić information content (AvgIpc) is 2.41. The molecule has 0 unspecified atom stereocenters. The lowest BCUT2D eigenvalue weighted by molar-refractivity contribution is -0.116. The molecule has 0 aliphatic rings. The second-order valence-electron chi connectivity index (χ2n) is 5.44. The lowest BCUT2D eigenvalue weighted by Crippen LogP contribution is -2.16. The van der Waals surface area contributed by atoms with E-state index in [4.69, 9.17) is 0 Å². The fourth-order valence-electron chi connectivity index (χ4n) is 2.28. The highest BCUT2D eigenvalue weighted by atomic mass is 16.2. The van der Waals surface area contributed by atoms with Crippen LogP contribution >= 0.6 is 0 Å². The van der Waals surface area contributed by atoms with Crippen molar-refractivity contribution in [2.45, 2.75) is 27.2 Å². The Labute approximate surface area is 130 Å². The molecule has 0 aliphatic carbocycles. The molecule has 0 radical (unpaired) electrons. The number of rotatable bonds is 4. The number of amides is 2. The number of hydrogen-bond donors (Lipinski definition) is 2. The lowest BCUT2D eigenvalue weighted by atomic mass is 10.1. The van der Waals surface area contributed by atoms with Gasteiger partial charge in [0.05, 0.1) is 6.42 Å². The maximum atomic E-state index is 12.2. The van der Waals surface area contributed by atoms with E-state index in [0.717, 1.165) is 22.4 Å². The highest BCUT2D eigenvalue weighted by molar-refractivity contribution is 5.95. The van der Waals surface area contributed by atoms with Crippen molar-refractivity contribution in [3.63, 3.8) is 0 Å². The van der Waals surface area contributed by atoms with E-state index in [-0.39, 0.29) is 18.2 Å². The van der Waals surface area contributed by atoms with Gasteiger partial charge in [-0.3, -0.25) is 9.59 Å². The molecule has 0 bridgehead atoms. The van der Waals surface area contributed by atoms with Gasteiger partial charge < -0.3 is 10.6 Å². The minimum absolute atomic E-state index is 0.109. The molecule has 0 aliphatic heterocycles. The van der Waals surface area contributed by atoms with Crippen LogP contribution in [0.1, 0.15) is 23.6 Å². The van der Waals surface area contributed by atoms with Crippen LogP contribution in [0, 0.1) is 13.8 Å². The van der Waals surface area contributed by atoms with Crippen LogP contribution in [-0.4, -0.2) is 11.8 Å². The first-order valence-electron chi connectivity index (χ1n) is 7.17. The molecule has 0 saturated heterocycles. The van der Waals surface area contributed by atoms with Crippen LogP contribution in [0.3, 0.4) is 0 Å². The Kier molecular flexibility index (Phi) is 4.94. The fraction of sp³-hybridized carbons (Fsp3) is 0.222. The third kappa shape index (κ3) is 4.45. The molecular formula is C18H20N2O2. The Balaban J connectivity index is 2.13. The van der Waals surface area contributed by atoms with Crippen molar-refractivity contribution < 1.29 is 9.59 Å². The Bertz CT molecular complexity index is 708. The van der Waals surface area contributed by atoms with Crippen molar-refractivity contribution in [3.8, 4) is 0 Å². The normalized spacial score (nSPS) is 10.1. The van der Waals surface area contributed by atoms with Gasteiger partial charge in [-0.25, -0.2) is 0 Å². The van der Waals surface area contributed by atoms with Crippen molar-refractivity contribution in [1.29, 1.82) is 0 Å². The molecule has 0 spiro atoms. The van der Waals surface area contributed by atoms with E-state index in [1.165, 1.54) is 6.92 Å². The third-order valence-corrected chi connectivity index (χ3v) is 3.22. The maximum absolute atomic E-state index is 12.2. The lowest BCUT2D eigenvalue weighted by Gasteiger charge is -2.11. The summed E-state index contributed by atoms with van der Waals surface area (Å²) in [7, 11) is 0. The van der Waals surface area contributed by atoms with E-state index < -0.39 is 0 Å². The van der Waals surface area contributed by atoms with E-state index in [0.29, 0.717) is 5.69 Å². The molecular weight excluding hydrogens is 276 g/mol. The molecule has 0 fully saturated rings. The van der Waals surface area contributed by atoms with Gasteiger partial charge >= 0.3 is 0 Å². The van der Waals surface area contributed by atoms with Crippen molar-refractivity contribution in [2.24, 2.45) is 0 Å². The summed E-state index contributed by atoms with van der Waals surface area (Å²) in [6, 6.07) is 13.3. The third-order valence-electron chi connectivity index (χ3n) is 3.22. The van der Waals surface area contributed by atoms with E-state index in [9.17, 15) is 9.59 Å². The largest absolute Gasteiger partial charge is 0.326 e. The molecule has 0 saturated carbocycles. The predicted octanol–water partition coefficient (Wildman–Crippen LogP) is 3.44. The number of nitrogens with one attached hydrogen (secondary N) is 2. The zero-order valence-corrected chi connectivity index (χ0v) is 13.1. The number of carbonyl (C=O) groups is 2. The standard InChI is InChI=1S/C18H20N2O2/c1-12-5-4-6-16(10-12)20-18(22)11-15-9-13(2)7-8-17(15)19-14(3)21/h4-10H,11H2,1-3H3,(H,19,21)(H,20,22). The summed E-state index contributed by atoms with van der Waals surface area (Å²) >= 11 is 0. The second kappa shape index (κ2) is 6.89. The van der Waals surface area contributed by atoms with Crippen LogP contribution in [0.25, 0.3) is 0 Å². The van der Waals surface area contributed by atoms with Gasteiger partial charge in [-0.1, -0.05) is 29.8 Å². The van der Waals surface area contributed by atoms with Crippen molar-refractivity contribution in [1.82, 2.24) is 0 Å². The molecule has 2 rings (SSSR count). The molecule has 0 heterocycles. The molecule has 2 N–H and O–H groups in total. The van der Waals surface area contributed by atoms with Gasteiger partial charge in [0.25, 0.3) is 0 Å². The van der Waals surface area contributed by atoms with Gasteiger partial charge in [0.2, 0.25) is 11.8 Å². The smallest absolute Gasteiger partial charge is 0.228 e. The van der Waals surface area contributed by atoms with Crippen LogP contribution in [0.4, 0.5) is 11.4 Å². The summed E-state index contributed by atoms with van der Waals surface area (Å²) < 4.78 is 0. The van der Waals surface area contributed by atoms with E-state index in [1.54, 1.807) is 0 Å². The minimum atomic E-state index is -0.149. The molecule has 2 amide bonds. The number of benzene rings is 2. The highest BCUT2D eigenvalue weighted by Crippen LogP contribution is 2.19. The molecule has 114 valence electrons. The Morgan fingerprint density at radius 1 is 0.955 bits per heavy atom. The monoisotopic (exact) mass is 296 g/mol. The Morgan fingerprint density at radius 2 is 1.68 bits per heavy atom. The molecule has 4 heteroatoms. The van der Waals surface area contributed by atoms with Crippen LogP contribution in [0.15, 0.2) is 42.5 Å². The van der Waals surface area contributed by atoms with Crippen molar-refractivity contribution in [2.75, 3.05) is 10.6 Å². The summed E-state index contributed by atoms with van der Waals surface area (Å²) in [5.41, 5.74) is 4.40. The molecule has 2 aromatic rings. The zero-order chi connectivity index (χ0) is 16.1. The highest BCUT2D eigenvalue weighted by Gasteiger charge is 2.10. The number of anilines is 2. The van der Waals surface area contributed by atoms with Gasteiger partial charge in [-0.05, 0) is 43.2 Å². The maximum Gasteiger partial charge on any atom is 0.228 e. The van der Waals surface area contributed by atoms with Crippen LogP contribution in [-0.2, 0) is 16.0 Å². The summed E-state index contributed by atoms with van der Waals surface area (Å²) in [5.74, 6) is -0.257. The first-order chi connectivity index (χ1) is 10.4. The minimum Gasteiger partial charge on any atom is -0.326 e. The van der Waals surface area contributed by atoms with Gasteiger partial charge in [0.1, 0.15) is 0 Å². The summed E-state index contributed by atoms with van der Waals surface area (Å²) in [5, 5.41) is 5.64. The van der Waals surface area contributed by atoms with Gasteiger partial charge in [-0.2, -0.15) is 0 Å². The van der Waals surface area contributed by atoms with E-state index >= 15 is 0 Å². The molecule has 4 nitrogen and oxygen atoms in total. The van der Waals surface area contributed by atoms with Gasteiger partial charge in [-0.15, -0.1) is 0 Å². The van der Waals surface area contributed by atoms with Gasteiger partial charge in [0.15, 0.2) is 0 Å². The number of aryl methyl sites for hydroxylation is 2. The summed E-state index contributed by atoms with van der Waals surface area (Å²) in [4.78, 5) is 23.5. The van der Waals surface area contributed by atoms with Crippen molar-refractivity contribution in [3.05, 3.63) is 59.2 Å². The molecule has 0 aromatic heterocycles. The van der Waals surface area contributed by atoms with Crippen LogP contribution in [0.2, 0.25) is 0 Å². The van der Waals surface area contributed by atoms with Crippen LogP contribution in [0.5, 0.6) is 0 Å². The van der Waals surface area contributed by atoms with Gasteiger partial charge in [0, 0.05) is 18.3 Å². The van der Waals surface area contributed by atoms with E-state index in [1.807, 2.05) is 56.3 Å². The fourth-order valence-corrected chi connectivity index (χ4v) is 2.28. The Hall–Kier alpha value is -2.62. The van der Waals surface area contributed by atoms with Crippen molar-refractivity contribution >= 4 is 23.2 Å². The Morgan fingerprint density at radius 3 is 2.36 bits per heavy atom. The first-order valence-corrected chi connectivity index (χ1v) is 7.17. The molecule has 2 aromatic carbocycles. The molecule has 0 atom stereocenters. The zero-order valence-electron chi connectivity index (χ0n) is 13.1. The SMILES string of the molecule is CC(=O)Nc1ccc(C)cc1CC(=O)Nc1cccc(C)c1. The quantitative estimate of drug-likeness (QED) is 0.908. The predicted molar refractivity (Wildman–Crippen MR) is 89.0 cm³/mol. The molecule has 22 heavy (non-hydrogen) atoms. The topological polar surface area (TPSA) is 58.2 Å².